The van der Waals surface area contributed by atoms with Gasteiger partial charge in [0.1, 0.15) is 34.1 Å². The van der Waals surface area contributed by atoms with Crippen molar-refractivity contribution < 1.29 is 37.7 Å². The Bertz CT molecular complexity index is 1260. The van der Waals surface area contributed by atoms with Crippen LogP contribution in [0.4, 0.5) is 13.2 Å². The van der Waals surface area contributed by atoms with E-state index in [9.17, 15) is 33.0 Å². The Morgan fingerprint density at radius 1 is 1.03 bits per heavy atom. The number of pyridine rings is 1. The normalized spacial score (nSPS) is 14.1. The molecule has 1 fully saturated rings. The van der Waals surface area contributed by atoms with Gasteiger partial charge in [-0.25, -0.2) is 0 Å². The summed E-state index contributed by atoms with van der Waals surface area (Å²) in [6.45, 7) is 0.0237. The van der Waals surface area contributed by atoms with Gasteiger partial charge in [-0.15, -0.1) is 0 Å². The van der Waals surface area contributed by atoms with E-state index in [-0.39, 0.29) is 23.6 Å². The van der Waals surface area contributed by atoms with Crippen molar-refractivity contribution in [3.8, 4) is 23.0 Å². The van der Waals surface area contributed by atoms with Crippen LogP contribution in [0.25, 0.3) is 0 Å². The number of phenolic OH excluding ortho intramolecular Hbond substituents is 2. The van der Waals surface area contributed by atoms with E-state index >= 15 is 0 Å². The maximum absolute atomic E-state index is 13.2. The van der Waals surface area contributed by atoms with Crippen LogP contribution < -0.4 is 15.4 Å². The monoisotopic (exact) mass is 487 g/mol. The van der Waals surface area contributed by atoms with Crippen molar-refractivity contribution in [1.29, 1.82) is 0 Å². The van der Waals surface area contributed by atoms with E-state index < -0.39 is 40.6 Å². The quantitative estimate of drug-likeness (QED) is 0.402. The number of amides is 2. The highest BCUT2D eigenvalue weighted by atomic mass is 19.4. The first-order chi connectivity index (χ1) is 16.6. The Morgan fingerprint density at radius 3 is 2.40 bits per heavy atom. The van der Waals surface area contributed by atoms with Gasteiger partial charge in [0.25, 0.3) is 5.91 Å². The van der Waals surface area contributed by atoms with Gasteiger partial charge in [-0.05, 0) is 61.4 Å². The van der Waals surface area contributed by atoms with Crippen molar-refractivity contribution in [2.75, 3.05) is 0 Å². The molecule has 0 bridgehead atoms. The van der Waals surface area contributed by atoms with Crippen LogP contribution in [0.3, 0.4) is 0 Å². The Morgan fingerprint density at radius 2 is 1.77 bits per heavy atom. The molecule has 4 rings (SSSR count). The molecule has 182 valence electrons. The number of halogens is 3. The summed E-state index contributed by atoms with van der Waals surface area (Å²) in [5, 5.41) is 24.3. The number of phenols is 2. The van der Waals surface area contributed by atoms with E-state index in [0.29, 0.717) is 24.6 Å². The van der Waals surface area contributed by atoms with Gasteiger partial charge in [0.05, 0.1) is 18.4 Å². The Hall–Kier alpha value is -4.28. The molecule has 1 aliphatic carbocycles. The number of carbonyl (C=O) groups is 2. The SMILES string of the molecule is O=C(NC1(C(=O)NCc2ccc(Oc3ccc(O)cc3C(F)(F)F)cn2)CC1)c1cccc(O)c1. The summed E-state index contributed by atoms with van der Waals surface area (Å²) in [6.07, 6.45) is -2.60. The predicted molar refractivity (Wildman–Crippen MR) is 117 cm³/mol. The third kappa shape index (κ3) is 5.62. The topological polar surface area (TPSA) is 121 Å². The van der Waals surface area contributed by atoms with Crippen molar-refractivity contribution in [2.24, 2.45) is 0 Å². The number of rotatable bonds is 7. The van der Waals surface area contributed by atoms with E-state index in [1.807, 2.05) is 0 Å². The van der Waals surface area contributed by atoms with Gasteiger partial charge >= 0.3 is 6.18 Å². The molecule has 1 aliphatic rings. The zero-order valence-electron chi connectivity index (χ0n) is 18.1. The second kappa shape index (κ2) is 9.16. The highest BCUT2D eigenvalue weighted by Crippen LogP contribution is 2.40. The first-order valence-electron chi connectivity index (χ1n) is 10.5. The number of aromatic nitrogens is 1. The number of aromatic hydroxyl groups is 2. The van der Waals surface area contributed by atoms with Crippen LogP contribution in [0.2, 0.25) is 0 Å². The molecule has 1 heterocycles. The lowest BCUT2D eigenvalue weighted by Crippen LogP contribution is -2.48. The number of carbonyl (C=O) groups excluding carboxylic acids is 2. The number of nitrogens with zero attached hydrogens (tertiary/aromatic N) is 1. The summed E-state index contributed by atoms with van der Waals surface area (Å²) in [5.41, 5.74) is -1.53. The number of benzene rings is 2. The molecule has 2 amide bonds. The lowest BCUT2D eigenvalue weighted by molar-refractivity contribution is -0.138. The minimum Gasteiger partial charge on any atom is -0.508 e. The van der Waals surface area contributed by atoms with Crippen molar-refractivity contribution in [3.63, 3.8) is 0 Å². The third-order valence-electron chi connectivity index (χ3n) is 5.37. The van der Waals surface area contributed by atoms with Crippen LogP contribution in [-0.4, -0.2) is 32.6 Å². The van der Waals surface area contributed by atoms with E-state index in [1.165, 1.54) is 42.6 Å². The predicted octanol–water partition coefficient (Wildman–Crippen LogP) is 3.88. The fourth-order valence-corrected chi connectivity index (χ4v) is 3.34. The maximum atomic E-state index is 13.2. The fourth-order valence-electron chi connectivity index (χ4n) is 3.34. The van der Waals surface area contributed by atoms with Crippen molar-refractivity contribution in [2.45, 2.75) is 31.1 Å². The van der Waals surface area contributed by atoms with Gasteiger partial charge in [-0.3, -0.25) is 14.6 Å². The Labute approximate surface area is 197 Å². The second-order valence-corrected chi connectivity index (χ2v) is 8.03. The number of hydrogen-bond acceptors (Lipinski definition) is 6. The largest absolute Gasteiger partial charge is 0.508 e. The number of alkyl halides is 3. The summed E-state index contributed by atoms with van der Waals surface area (Å²) in [4.78, 5) is 29.1. The molecule has 0 radical (unpaired) electrons. The zero-order valence-corrected chi connectivity index (χ0v) is 18.1. The molecule has 11 heteroatoms. The number of nitrogens with one attached hydrogen (secondary N) is 2. The van der Waals surface area contributed by atoms with Gasteiger partial charge in [-0.2, -0.15) is 13.2 Å². The molecule has 1 aromatic heterocycles. The smallest absolute Gasteiger partial charge is 0.420 e. The number of hydrogen-bond donors (Lipinski definition) is 4. The number of ether oxygens (including phenoxy) is 1. The molecule has 8 nitrogen and oxygen atoms in total. The minimum absolute atomic E-state index is 0.0237. The van der Waals surface area contributed by atoms with Gasteiger partial charge in [0.2, 0.25) is 5.91 Å². The zero-order chi connectivity index (χ0) is 25.2. The standard InChI is InChI=1S/C24H20F3N3O5/c25-24(26,27)19-11-17(32)5-7-20(19)35-18-6-4-15(28-13-18)12-29-22(34)23(8-9-23)30-21(33)14-2-1-3-16(31)10-14/h1-7,10-11,13,31-32H,8-9,12H2,(H,29,34)(H,30,33). The minimum atomic E-state index is -4.72. The van der Waals surface area contributed by atoms with Crippen molar-refractivity contribution >= 4 is 11.8 Å². The first-order valence-corrected chi connectivity index (χ1v) is 10.5. The second-order valence-electron chi connectivity index (χ2n) is 8.03. The lowest BCUT2D eigenvalue weighted by atomic mass is 10.1. The molecular formula is C24H20F3N3O5. The average molecular weight is 487 g/mol. The summed E-state index contributed by atoms with van der Waals surface area (Å²) in [5.74, 6) is -1.94. The summed E-state index contributed by atoms with van der Waals surface area (Å²) in [6, 6.07) is 11.3. The van der Waals surface area contributed by atoms with Gasteiger partial charge in [-0.1, -0.05) is 6.07 Å². The molecule has 35 heavy (non-hydrogen) atoms. The van der Waals surface area contributed by atoms with E-state index in [2.05, 4.69) is 15.6 Å². The molecule has 0 saturated heterocycles. The van der Waals surface area contributed by atoms with Crippen LogP contribution in [0.5, 0.6) is 23.0 Å². The average Bonchev–Trinajstić information content (AvgIpc) is 3.59. The lowest BCUT2D eigenvalue weighted by Gasteiger charge is -2.17. The van der Waals surface area contributed by atoms with E-state index in [4.69, 9.17) is 4.74 Å². The highest BCUT2D eigenvalue weighted by molar-refractivity contribution is 6.00. The molecule has 1 saturated carbocycles. The van der Waals surface area contributed by atoms with Gasteiger partial charge < -0.3 is 25.6 Å². The van der Waals surface area contributed by atoms with Gasteiger partial charge in [0.15, 0.2) is 0 Å². The Balaban J connectivity index is 1.35. The molecule has 0 spiro atoms. The molecule has 0 unspecified atom stereocenters. The summed E-state index contributed by atoms with van der Waals surface area (Å²) < 4.78 is 44.8. The van der Waals surface area contributed by atoms with Crippen molar-refractivity contribution in [3.05, 3.63) is 77.6 Å². The van der Waals surface area contributed by atoms with Crippen LogP contribution >= 0.6 is 0 Å². The maximum Gasteiger partial charge on any atom is 0.420 e. The highest BCUT2D eigenvalue weighted by Gasteiger charge is 2.51. The molecular weight excluding hydrogens is 467 g/mol. The van der Waals surface area contributed by atoms with E-state index in [1.54, 1.807) is 0 Å². The Kier molecular flexibility index (Phi) is 6.25. The molecule has 0 aliphatic heterocycles. The van der Waals surface area contributed by atoms with Crippen LogP contribution in [0, 0.1) is 0 Å². The molecule has 0 atom stereocenters. The third-order valence-corrected chi connectivity index (χ3v) is 5.37. The molecule has 2 aromatic carbocycles. The van der Waals surface area contributed by atoms with E-state index in [0.717, 1.165) is 12.1 Å². The van der Waals surface area contributed by atoms with Crippen LogP contribution in [-0.2, 0) is 17.5 Å². The first kappa shape index (κ1) is 23.9. The van der Waals surface area contributed by atoms with Crippen LogP contribution in [0.1, 0.15) is 34.5 Å². The fraction of sp³-hybridized carbons (Fsp3) is 0.208. The molecule has 3 aromatic rings. The van der Waals surface area contributed by atoms with Crippen LogP contribution in [0.15, 0.2) is 60.8 Å². The van der Waals surface area contributed by atoms with Gasteiger partial charge in [0, 0.05) is 5.56 Å². The summed E-state index contributed by atoms with van der Waals surface area (Å²) >= 11 is 0. The molecule has 4 N–H and O–H groups in total. The summed E-state index contributed by atoms with van der Waals surface area (Å²) in [7, 11) is 0. The van der Waals surface area contributed by atoms with Crippen molar-refractivity contribution in [1.82, 2.24) is 15.6 Å².